The number of sulfonamides is 1. The second kappa shape index (κ2) is 8.59. The summed E-state index contributed by atoms with van der Waals surface area (Å²) in [5, 5.41) is 3.26. The summed E-state index contributed by atoms with van der Waals surface area (Å²) in [6, 6.07) is 13.3. The highest BCUT2D eigenvalue weighted by Crippen LogP contribution is 2.28. The summed E-state index contributed by atoms with van der Waals surface area (Å²) in [5.41, 5.74) is 0.189. The van der Waals surface area contributed by atoms with Crippen LogP contribution < -0.4 is 10.0 Å². The first-order valence-corrected chi connectivity index (χ1v) is 10.6. The lowest BCUT2D eigenvalue weighted by Crippen LogP contribution is -2.15. The molecule has 0 spiro atoms. The van der Waals surface area contributed by atoms with Gasteiger partial charge in [0.05, 0.1) is 21.3 Å². The molecule has 0 saturated carbocycles. The van der Waals surface area contributed by atoms with E-state index < -0.39 is 21.7 Å². The van der Waals surface area contributed by atoms with Gasteiger partial charge in [-0.1, -0.05) is 34.8 Å². The topological polar surface area (TPSA) is 75.3 Å². The predicted octanol–water partition coefficient (Wildman–Crippen LogP) is 5.84. The van der Waals surface area contributed by atoms with Crippen LogP contribution in [-0.4, -0.2) is 14.3 Å². The van der Waals surface area contributed by atoms with Crippen molar-refractivity contribution in [1.29, 1.82) is 0 Å². The molecule has 0 unspecified atom stereocenters. The van der Waals surface area contributed by atoms with Crippen molar-refractivity contribution >= 4 is 62.1 Å². The first-order chi connectivity index (χ1) is 13.7. The van der Waals surface area contributed by atoms with Crippen molar-refractivity contribution in [3.8, 4) is 0 Å². The lowest BCUT2D eigenvalue weighted by molar-refractivity contribution is 0.102. The normalized spacial score (nSPS) is 11.2. The van der Waals surface area contributed by atoms with Crippen molar-refractivity contribution in [1.82, 2.24) is 0 Å². The number of hydrogen-bond acceptors (Lipinski definition) is 3. The molecule has 10 heteroatoms. The van der Waals surface area contributed by atoms with Crippen LogP contribution in [0.5, 0.6) is 0 Å². The Bertz CT molecular complexity index is 1190. The van der Waals surface area contributed by atoms with Gasteiger partial charge < -0.3 is 5.32 Å². The van der Waals surface area contributed by atoms with Gasteiger partial charge >= 0.3 is 0 Å². The number of amides is 1. The molecule has 5 nitrogen and oxygen atoms in total. The van der Waals surface area contributed by atoms with E-state index in [-0.39, 0.29) is 26.9 Å². The van der Waals surface area contributed by atoms with Gasteiger partial charge in [-0.25, -0.2) is 12.8 Å². The Kier molecular flexibility index (Phi) is 6.33. The molecule has 0 aliphatic carbocycles. The molecule has 2 N–H and O–H groups in total. The van der Waals surface area contributed by atoms with Gasteiger partial charge in [-0.05, 0) is 60.7 Å². The minimum atomic E-state index is -4.12. The molecule has 3 aromatic carbocycles. The molecule has 1 amide bonds. The van der Waals surface area contributed by atoms with E-state index in [2.05, 4.69) is 10.0 Å². The van der Waals surface area contributed by atoms with Gasteiger partial charge in [0.15, 0.2) is 0 Å². The average Bonchev–Trinajstić information content (AvgIpc) is 2.66. The number of hydrogen-bond donors (Lipinski definition) is 2. The summed E-state index contributed by atoms with van der Waals surface area (Å²) in [7, 11) is -4.12. The monoisotopic (exact) mass is 472 g/mol. The first-order valence-electron chi connectivity index (χ1n) is 8.00. The molecule has 0 aliphatic heterocycles. The molecule has 150 valence electrons. The largest absolute Gasteiger partial charge is 0.319 e. The van der Waals surface area contributed by atoms with Crippen LogP contribution >= 0.6 is 34.8 Å². The summed E-state index contributed by atoms with van der Waals surface area (Å²) in [5.74, 6) is -1.49. The summed E-state index contributed by atoms with van der Waals surface area (Å²) >= 11 is 17.5. The zero-order valence-corrected chi connectivity index (χ0v) is 17.5. The van der Waals surface area contributed by atoms with E-state index in [1.54, 1.807) is 0 Å². The van der Waals surface area contributed by atoms with Crippen LogP contribution in [0.15, 0.2) is 65.6 Å². The Balaban J connectivity index is 1.80. The van der Waals surface area contributed by atoms with Crippen LogP contribution in [0.2, 0.25) is 15.1 Å². The van der Waals surface area contributed by atoms with Crippen molar-refractivity contribution < 1.29 is 17.6 Å². The third-order valence-corrected chi connectivity index (χ3v) is 5.94. The smallest absolute Gasteiger partial charge is 0.262 e. The van der Waals surface area contributed by atoms with Gasteiger partial charge in [-0.2, -0.15) is 0 Å². The van der Waals surface area contributed by atoms with Crippen LogP contribution in [0.1, 0.15) is 10.4 Å². The second-order valence-electron chi connectivity index (χ2n) is 5.83. The van der Waals surface area contributed by atoms with Gasteiger partial charge in [0, 0.05) is 15.6 Å². The van der Waals surface area contributed by atoms with Crippen molar-refractivity contribution in [2.75, 3.05) is 10.0 Å². The van der Waals surface area contributed by atoms with E-state index in [9.17, 15) is 17.6 Å². The van der Waals surface area contributed by atoms with Gasteiger partial charge in [0.2, 0.25) is 0 Å². The molecular weight excluding hydrogens is 462 g/mol. The number of nitrogens with one attached hydrogen (secondary N) is 2. The summed E-state index contributed by atoms with van der Waals surface area (Å²) in [4.78, 5) is 11.8. The number of carbonyl (C=O) groups excluding carboxylic acids is 1. The van der Waals surface area contributed by atoms with E-state index in [1.807, 2.05) is 0 Å². The quantitative estimate of drug-likeness (QED) is 0.489. The highest BCUT2D eigenvalue weighted by atomic mass is 35.5. The summed E-state index contributed by atoms with van der Waals surface area (Å²) in [6.45, 7) is 0. The predicted molar refractivity (Wildman–Crippen MR) is 113 cm³/mol. The van der Waals surface area contributed by atoms with E-state index in [0.717, 1.165) is 18.2 Å². The maximum absolute atomic E-state index is 14.4. The molecule has 0 saturated heterocycles. The van der Waals surface area contributed by atoms with Gasteiger partial charge in [0.1, 0.15) is 5.82 Å². The van der Waals surface area contributed by atoms with Crippen molar-refractivity contribution in [2.45, 2.75) is 4.90 Å². The van der Waals surface area contributed by atoms with Gasteiger partial charge in [-0.3, -0.25) is 9.52 Å². The SMILES string of the molecule is O=C(Nc1ccc(S(=O)(=O)Nc2ccc(Cl)cc2Cl)cc1F)c1ccc(Cl)cc1. The van der Waals surface area contributed by atoms with Crippen LogP contribution in [0, 0.1) is 5.82 Å². The fraction of sp³-hybridized carbons (Fsp3) is 0. The first kappa shape index (κ1) is 21.4. The number of carbonyl (C=O) groups is 1. The standard InChI is InChI=1S/C19H12Cl3FN2O3S/c20-12-3-1-11(2-4-12)19(26)24-18-8-6-14(10-16(18)23)29(27,28)25-17-7-5-13(21)9-15(17)22/h1-10,25H,(H,24,26). The third kappa shape index (κ3) is 5.19. The summed E-state index contributed by atoms with van der Waals surface area (Å²) in [6.07, 6.45) is 0. The minimum absolute atomic E-state index is 0.0911. The second-order valence-corrected chi connectivity index (χ2v) is 8.79. The molecular formula is C19H12Cl3FN2O3S. The fourth-order valence-corrected chi connectivity index (χ4v) is 4.06. The maximum Gasteiger partial charge on any atom is 0.262 e. The Hall–Kier alpha value is -2.32. The van der Waals surface area contributed by atoms with Gasteiger partial charge in [-0.15, -0.1) is 0 Å². The molecule has 29 heavy (non-hydrogen) atoms. The van der Waals surface area contributed by atoms with Crippen LogP contribution in [-0.2, 0) is 10.0 Å². The molecule has 0 aliphatic rings. The number of benzene rings is 3. The van der Waals surface area contributed by atoms with E-state index in [0.29, 0.717) is 10.0 Å². The molecule has 0 heterocycles. The number of rotatable bonds is 5. The summed E-state index contributed by atoms with van der Waals surface area (Å²) < 4.78 is 41.7. The number of halogens is 4. The van der Waals surface area contributed by atoms with E-state index in [1.165, 1.54) is 42.5 Å². The fourth-order valence-electron chi connectivity index (χ4n) is 2.34. The highest BCUT2D eigenvalue weighted by Gasteiger charge is 2.19. The highest BCUT2D eigenvalue weighted by molar-refractivity contribution is 7.92. The van der Waals surface area contributed by atoms with Crippen molar-refractivity contribution in [3.63, 3.8) is 0 Å². The van der Waals surface area contributed by atoms with Gasteiger partial charge in [0.25, 0.3) is 15.9 Å². The molecule has 0 fully saturated rings. The van der Waals surface area contributed by atoms with E-state index in [4.69, 9.17) is 34.8 Å². The zero-order valence-electron chi connectivity index (χ0n) is 14.4. The Morgan fingerprint density at radius 3 is 2.07 bits per heavy atom. The van der Waals surface area contributed by atoms with Crippen LogP contribution in [0.4, 0.5) is 15.8 Å². The Morgan fingerprint density at radius 1 is 0.828 bits per heavy atom. The third-order valence-electron chi connectivity index (χ3n) is 3.78. The van der Waals surface area contributed by atoms with Crippen molar-refractivity contribution in [3.05, 3.63) is 87.1 Å². The Morgan fingerprint density at radius 2 is 1.45 bits per heavy atom. The maximum atomic E-state index is 14.4. The lowest BCUT2D eigenvalue weighted by atomic mass is 10.2. The van der Waals surface area contributed by atoms with Crippen LogP contribution in [0.3, 0.4) is 0 Å². The Labute approximate surface area is 181 Å². The molecule has 3 rings (SSSR count). The number of anilines is 2. The molecule has 0 bridgehead atoms. The molecule has 3 aromatic rings. The molecule has 0 aromatic heterocycles. The molecule has 0 atom stereocenters. The van der Waals surface area contributed by atoms with Crippen molar-refractivity contribution in [2.24, 2.45) is 0 Å². The minimum Gasteiger partial charge on any atom is -0.319 e. The molecule has 0 radical (unpaired) electrons. The average molecular weight is 474 g/mol. The zero-order chi connectivity index (χ0) is 21.2. The van der Waals surface area contributed by atoms with Crippen LogP contribution in [0.25, 0.3) is 0 Å². The van der Waals surface area contributed by atoms with E-state index >= 15 is 0 Å². The lowest BCUT2D eigenvalue weighted by Gasteiger charge is -2.12.